The number of nitrogens with one attached hydrogen (secondary N) is 1. The Kier molecular flexibility index (Phi) is 5.27. The predicted molar refractivity (Wildman–Crippen MR) is 81.5 cm³/mol. The van der Waals surface area contributed by atoms with Crippen LogP contribution in [-0.4, -0.2) is 17.6 Å². The van der Waals surface area contributed by atoms with Crippen LogP contribution in [0.2, 0.25) is 0 Å². The van der Waals surface area contributed by atoms with Gasteiger partial charge in [-0.1, -0.05) is 6.07 Å². The minimum atomic E-state index is -0.251. The van der Waals surface area contributed by atoms with Gasteiger partial charge < -0.3 is 10.1 Å². The van der Waals surface area contributed by atoms with Crippen molar-refractivity contribution in [2.75, 3.05) is 11.9 Å². The first kappa shape index (κ1) is 15.4. The van der Waals surface area contributed by atoms with E-state index in [0.717, 1.165) is 5.69 Å². The summed E-state index contributed by atoms with van der Waals surface area (Å²) in [4.78, 5) is 15.6. The molecule has 0 bridgehead atoms. The van der Waals surface area contributed by atoms with E-state index in [1.165, 1.54) is 17.4 Å². The van der Waals surface area contributed by atoms with E-state index >= 15 is 0 Å². The highest BCUT2D eigenvalue weighted by Gasteiger charge is 2.07. The highest BCUT2D eigenvalue weighted by atomic mass is 32.1. The summed E-state index contributed by atoms with van der Waals surface area (Å²) in [6.07, 6.45) is 0.857. The number of halogens is 1. The molecule has 0 spiro atoms. The minimum Gasteiger partial charge on any atom is -0.466 e. The fourth-order valence-corrected chi connectivity index (χ4v) is 2.50. The molecule has 2 rings (SSSR count). The van der Waals surface area contributed by atoms with Crippen LogP contribution in [0.15, 0.2) is 23.6 Å². The van der Waals surface area contributed by atoms with Gasteiger partial charge in [0.25, 0.3) is 0 Å². The quantitative estimate of drug-likeness (QED) is 0.824. The van der Waals surface area contributed by atoms with Crippen molar-refractivity contribution in [3.8, 4) is 0 Å². The summed E-state index contributed by atoms with van der Waals surface area (Å²) < 4.78 is 18.3. The molecule has 0 fully saturated rings. The normalized spacial score (nSPS) is 10.4. The third kappa shape index (κ3) is 4.53. The molecule has 0 unspecified atom stereocenters. The number of carbonyl (C=O) groups is 1. The Labute approximate surface area is 127 Å². The van der Waals surface area contributed by atoms with Crippen molar-refractivity contribution < 1.29 is 13.9 Å². The fraction of sp³-hybridized carbons (Fsp3) is 0.333. The molecular formula is C15H17FN2O2S. The standard InChI is InChI=1S/C15H17FN2O2S/c1-3-20-14(19)7-6-12-9-21-15(18-12)17-11-5-4-10(2)13(16)8-11/h4-5,8-9H,3,6-7H2,1-2H3,(H,17,18). The number of thiazole rings is 1. The van der Waals surface area contributed by atoms with E-state index in [-0.39, 0.29) is 11.8 Å². The maximum Gasteiger partial charge on any atom is 0.306 e. The molecule has 4 nitrogen and oxygen atoms in total. The van der Waals surface area contributed by atoms with Crippen LogP contribution in [0.4, 0.5) is 15.2 Å². The Balaban J connectivity index is 1.93. The van der Waals surface area contributed by atoms with Gasteiger partial charge >= 0.3 is 5.97 Å². The Bertz CT molecular complexity index is 628. The van der Waals surface area contributed by atoms with E-state index in [9.17, 15) is 9.18 Å². The van der Waals surface area contributed by atoms with Gasteiger partial charge in [-0.25, -0.2) is 9.37 Å². The fourth-order valence-electron chi connectivity index (χ4n) is 1.74. The summed E-state index contributed by atoms with van der Waals surface area (Å²) in [7, 11) is 0. The number of hydrogen-bond donors (Lipinski definition) is 1. The van der Waals surface area contributed by atoms with E-state index in [0.29, 0.717) is 35.8 Å². The molecular weight excluding hydrogens is 291 g/mol. The van der Waals surface area contributed by atoms with Gasteiger partial charge in [-0.2, -0.15) is 0 Å². The summed E-state index contributed by atoms with van der Waals surface area (Å²) in [6.45, 7) is 3.89. The second-order valence-electron chi connectivity index (χ2n) is 4.54. The maximum absolute atomic E-state index is 13.5. The molecule has 1 N–H and O–H groups in total. The van der Waals surface area contributed by atoms with Gasteiger partial charge in [0, 0.05) is 17.5 Å². The number of aryl methyl sites for hydroxylation is 2. The van der Waals surface area contributed by atoms with Crippen molar-refractivity contribution in [1.82, 2.24) is 4.98 Å². The number of benzene rings is 1. The van der Waals surface area contributed by atoms with Crippen molar-refractivity contribution in [3.05, 3.63) is 40.7 Å². The number of carbonyl (C=O) groups excluding carboxylic acids is 1. The van der Waals surface area contributed by atoms with Crippen molar-refractivity contribution in [3.63, 3.8) is 0 Å². The Morgan fingerprint density at radius 2 is 2.29 bits per heavy atom. The topological polar surface area (TPSA) is 51.2 Å². The number of nitrogens with zero attached hydrogens (tertiary/aromatic N) is 1. The highest BCUT2D eigenvalue weighted by Crippen LogP contribution is 2.23. The summed E-state index contributed by atoms with van der Waals surface area (Å²) in [6, 6.07) is 4.96. The molecule has 0 radical (unpaired) electrons. The third-order valence-corrected chi connectivity index (χ3v) is 3.67. The number of hydrogen-bond acceptors (Lipinski definition) is 5. The minimum absolute atomic E-state index is 0.222. The molecule has 1 aromatic heterocycles. The predicted octanol–water partition coefficient (Wildman–Crippen LogP) is 3.83. The molecule has 0 aliphatic rings. The van der Waals surface area contributed by atoms with Crippen LogP contribution < -0.4 is 5.32 Å². The first-order chi connectivity index (χ1) is 10.1. The van der Waals surface area contributed by atoms with Gasteiger partial charge in [0.15, 0.2) is 5.13 Å². The molecule has 0 atom stereocenters. The largest absolute Gasteiger partial charge is 0.466 e. The van der Waals surface area contributed by atoms with E-state index in [1.807, 2.05) is 5.38 Å². The second kappa shape index (κ2) is 7.17. The molecule has 0 aliphatic heterocycles. The Morgan fingerprint density at radius 1 is 1.48 bits per heavy atom. The summed E-state index contributed by atoms with van der Waals surface area (Å²) in [5.74, 6) is -0.472. The average molecular weight is 308 g/mol. The van der Waals surface area contributed by atoms with Gasteiger partial charge in [-0.3, -0.25) is 4.79 Å². The molecule has 1 heterocycles. The summed E-state index contributed by atoms with van der Waals surface area (Å²) in [5, 5.41) is 5.62. The van der Waals surface area contributed by atoms with E-state index < -0.39 is 0 Å². The van der Waals surface area contributed by atoms with Crippen LogP contribution in [-0.2, 0) is 16.0 Å². The second-order valence-corrected chi connectivity index (χ2v) is 5.40. The SMILES string of the molecule is CCOC(=O)CCc1csc(Nc2ccc(C)c(F)c2)n1. The molecule has 0 amide bonds. The molecule has 112 valence electrons. The smallest absolute Gasteiger partial charge is 0.306 e. The number of rotatable bonds is 6. The monoisotopic (exact) mass is 308 g/mol. The van der Waals surface area contributed by atoms with Crippen molar-refractivity contribution in [1.29, 1.82) is 0 Å². The molecule has 0 saturated heterocycles. The van der Waals surface area contributed by atoms with E-state index in [2.05, 4.69) is 10.3 Å². The zero-order chi connectivity index (χ0) is 15.2. The number of aromatic nitrogens is 1. The van der Waals surface area contributed by atoms with Crippen LogP contribution in [0.25, 0.3) is 0 Å². The van der Waals surface area contributed by atoms with Gasteiger partial charge in [0.2, 0.25) is 0 Å². The third-order valence-electron chi connectivity index (χ3n) is 2.87. The molecule has 2 aromatic rings. The summed E-state index contributed by atoms with van der Waals surface area (Å²) >= 11 is 1.42. The molecule has 6 heteroatoms. The van der Waals surface area contributed by atoms with E-state index in [4.69, 9.17) is 4.74 Å². The van der Waals surface area contributed by atoms with Crippen LogP contribution in [0.1, 0.15) is 24.6 Å². The van der Waals surface area contributed by atoms with Crippen LogP contribution in [0, 0.1) is 12.7 Å². The molecule has 1 aromatic carbocycles. The lowest BCUT2D eigenvalue weighted by molar-refractivity contribution is -0.143. The molecule has 21 heavy (non-hydrogen) atoms. The average Bonchev–Trinajstić information content (AvgIpc) is 2.89. The zero-order valence-electron chi connectivity index (χ0n) is 12.0. The lowest BCUT2D eigenvalue weighted by Gasteiger charge is -2.04. The van der Waals surface area contributed by atoms with Crippen LogP contribution in [0.3, 0.4) is 0 Å². The lowest BCUT2D eigenvalue weighted by Crippen LogP contribution is -2.05. The van der Waals surface area contributed by atoms with Crippen LogP contribution >= 0.6 is 11.3 Å². The number of ether oxygens (including phenoxy) is 1. The first-order valence-corrected chi connectivity index (χ1v) is 7.59. The van der Waals surface area contributed by atoms with Crippen LogP contribution in [0.5, 0.6) is 0 Å². The van der Waals surface area contributed by atoms with Crippen molar-refractivity contribution in [2.24, 2.45) is 0 Å². The van der Waals surface area contributed by atoms with E-state index in [1.54, 1.807) is 26.0 Å². The van der Waals surface area contributed by atoms with Crippen molar-refractivity contribution in [2.45, 2.75) is 26.7 Å². The maximum atomic E-state index is 13.5. The summed E-state index contributed by atoms with van der Waals surface area (Å²) in [5.41, 5.74) is 2.09. The number of anilines is 2. The van der Waals surface area contributed by atoms with Gasteiger partial charge in [-0.15, -0.1) is 11.3 Å². The van der Waals surface area contributed by atoms with Gasteiger partial charge in [0.05, 0.1) is 18.7 Å². The molecule has 0 aliphatic carbocycles. The Morgan fingerprint density at radius 3 is 3.00 bits per heavy atom. The van der Waals surface area contributed by atoms with Crippen molar-refractivity contribution >= 4 is 28.1 Å². The first-order valence-electron chi connectivity index (χ1n) is 6.71. The zero-order valence-corrected chi connectivity index (χ0v) is 12.8. The molecule has 0 saturated carbocycles. The van der Waals surface area contributed by atoms with Gasteiger partial charge in [-0.05, 0) is 31.5 Å². The van der Waals surface area contributed by atoms with Gasteiger partial charge in [0.1, 0.15) is 5.82 Å². The Hall–Kier alpha value is -1.95. The number of esters is 1. The lowest BCUT2D eigenvalue weighted by atomic mass is 10.2. The highest BCUT2D eigenvalue weighted by molar-refractivity contribution is 7.13.